The lowest BCUT2D eigenvalue weighted by Gasteiger charge is -2.34. The van der Waals surface area contributed by atoms with Crippen LogP contribution in [0.5, 0.6) is 11.5 Å². The summed E-state index contributed by atoms with van der Waals surface area (Å²) in [5, 5.41) is 2.75. The van der Waals surface area contributed by atoms with E-state index in [0.717, 1.165) is 19.6 Å². The molecule has 154 valence electrons. The predicted octanol–water partition coefficient (Wildman–Crippen LogP) is 2.38. The summed E-state index contributed by atoms with van der Waals surface area (Å²) >= 11 is 0. The standard InChI is InChI=1S/C22H27N3O4/c1-28-19-9-8-18(14-20(19)29-2)23-21(26)15-22(27)25-12-10-24(11-13-25)16-17-6-4-3-5-7-17/h3-9,14H,10-13,15-16H2,1-2H3,(H,23,26). The first-order valence-electron chi connectivity index (χ1n) is 9.65. The minimum absolute atomic E-state index is 0.151. The highest BCUT2D eigenvalue weighted by Crippen LogP contribution is 2.29. The Morgan fingerprint density at radius 3 is 2.28 bits per heavy atom. The third kappa shape index (κ3) is 5.71. The molecule has 7 heteroatoms. The topological polar surface area (TPSA) is 71.1 Å². The van der Waals surface area contributed by atoms with Gasteiger partial charge in [0.2, 0.25) is 11.8 Å². The molecule has 1 saturated heterocycles. The van der Waals surface area contributed by atoms with E-state index >= 15 is 0 Å². The molecule has 1 aliphatic heterocycles. The van der Waals surface area contributed by atoms with E-state index in [4.69, 9.17) is 9.47 Å². The lowest BCUT2D eigenvalue weighted by molar-refractivity contribution is -0.136. The number of hydrogen-bond acceptors (Lipinski definition) is 5. The summed E-state index contributed by atoms with van der Waals surface area (Å²) in [6, 6.07) is 15.4. The zero-order valence-electron chi connectivity index (χ0n) is 16.9. The summed E-state index contributed by atoms with van der Waals surface area (Å²) in [6.07, 6.45) is -0.174. The van der Waals surface area contributed by atoms with Crippen LogP contribution in [-0.4, -0.2) is 62.0 Å². The summed E-state index contributed by atoms with van der Waals surface area (Å²) in [6.45, 7) is 3.75. The van der Waals surface area contributed by atoms with Crippen molar-refractivity contribution in [2.24, 2.45) is 0 Å². The Morgan fingerprint density at radius 1 is 0.931 bits per heavy atom. The van der Waals surface area contributed by atoms with Gasteiger partial charge < -0.3 is 19.7 Å². The van der Waals surface area contributed by atoms with Crippen molar-refractivity contribution in [1.82, 2.24) is 9.80 Å². The molecule has 0 bridgehead atoms. The number of nitrogens with one attached hydrogen (secondary N) is 1. The van der Waals surface area contributed by atoms with Crippen LogP contribution >= 0.6 is 0 Å². The molecule has 29 heavy (non-hydrogen) atoms. The van der Waals surface area contributed by atoms with E-state index in [0.29, 0.717) is 30.3 Å². The number of benzene rings is 2. The number of ether oxygens (including phenoxy) is 2. The maximum Gasteiger partial charge on any atom is 0.233 e. The minimum atomic E-state index is -0.339. The van der Waals surface area contributed by atoms with Crippen molar-refractivity contribution in [2.75, 3.05) is 45.7 Å². The molecule has 0 spiro atoms. The van der Waals surface area contributed by atoms with E-state index in [1.165, 1.54) is 12.7 Å². The highest BCUT2D eigenvalue weighted by Gasteiger charge is 2.23. The smallest absolute Gasteiger partial charge is 0.233 e. The van der Waals surface area contributed by atoms with Gasteiger partial charge in [-0.15, -0.1) is 0 Å². The van der Waals surface area contributed by atoms with Crippen LogP contribution in [0.15, 0.2) is 48.5 Å². The maximum atomic E-state index is 12.5. The zero-order chi connectivity index (χ0) is 20.6. The summed E-state index contributed by atoms with van der Waals surface area (Å²) in [4.78, 5) is 28.9. The van der Waals surface area contributed by atoms with Crippen LogP contribution in [-0.2, 0) is 16.1 Å². The lowest BCUT2D eigenvalue weighted by atomic mass is 10.2. The Hall–Kier alpha value is -3.06. The van der Waals surface area contributed by atoms with Crippen molar-refractivity contribution in [3.05, 3.63) is 54.1 Å². The first-order chi connectivity index (χ1) is 14.1. The molecule has 0 aromatic heterocycles. The highest BCUT2D eigenvalue weighted by molar-refractivity contribution is 6.03. The third-order valence-electron chi connectivity index (χ3n) is 4.95. The molecule has 0 radical (unpaired) electrons. The molecule has 0 saturated carbocycles. The number of anilines is 1. The van der Waals surface area contributed by atoms with Crippen LogP contribution in [0.25, 0.3) is 0 Å². The number of methoxy groups -OCH3 is 2. The Labute approximate surface area is 171 Å². The fourth-order valence-corrected chi connectivity index (χ4v) is 3.37. The number of amides is 2. The molecule has 1 heterocycles. The Balaban J connectivity index is 1.46. The van der Waals surface area contributed by atoms with Gasteiger partial charge >= 0.3 is 0 Å². The molecule has 2 amide bonds. The number of piperazine rings is 1. The second-order valence-corrected chi connectivity index (χ2v) is 6.94. The summed E-state index contributed by atoms with van der Waals surface area (Å²) in [5.41, 5.74) is 1.83. The van der Waals surface area contributed by atoms with Gasteiger partial charge in [0, 0.05) is 44.5 Å². The molecule has 2 aromatic carbocycles. The number of carbonyl (C=O) groups is 2. The van der Waals surface area contributed by atoms with Gasteiger partial charge in [-0.05, 0) is 17.7 Å². The average Bonchev–Trinajstić information content (AvgIpc) is 2.74. The first kappa shape index (κ1) is 20.7. The molecule has 0 aliphatic carbocycles. The van der Waals surface area contributed by atoms with Gasteiger partial charge in [0.05, 0.1) is 14.2 Å². The van der Waals surface area contributed by atoms with Gasteiger partial charge in [0.15, 0.2) is 11.5 Å². The van der Waals surface area contributed by atoms with E-state index in [2.05, 4.69) is 22.3 Å². The molecule has 1 N–H and O–H groups in total. The predicted molar refractivity (Wildman–Crippen MR) is 111 cm³/mol. The van der Waals surface area contributed by atoms with Gasteiger partial charge in [-0.25, -0.2) is 0 Å². The molecule has 2 aromatic rings. The number of carbonyl (C=O) groups excluding carboxylic acids is 2. The molecule has 7 nitrogen and oxygen atoms in total. The van der Waals surface area contributed by atoms with Gasteiger partial charge in [0.25, 0.3) is 0 Å². The molecule has 3 rings (SSSR count). The average molecular weight is 397 g/mol. The maximum absolute atomic E-state index is 12.5. The van der Waals surface area contributed by atoms with E-state index in [9.17, 15) is 9.59 Å². The largest absolute Gasteiger partial charge is 0.493 e. The van der Waals surface area contributed by atoms with Crippen LogP contribution in [0.4, 0.5) is 5.69 Å². The second-order valence-electron chi connectivity index (χ2n) is 6.94. The Bertz CT molecular complexity index is 833. The van der Waals surface area contributed by atoms with Crippen molar-refractivity contribution in [2.45, 2.75) is 13.0 Å². The minimum Gasteiger partial charge on any atom is -0.493 e. The Kier molecular flexibility index (Phi) is 7.08. The monoisotopic (exact) mass is 397 g/mol. The SMILES string of the molecule is COc1ccc(NC(=O)CC(=O)N2CCN(Cc3ccccc3)CC2)cc1OC. The second kappa shape index (κ2) is 9.93. The van der Waals surface area contributed by atoms with E-state index < -0.39 is 0 Å². The molecular weight excluding hydrogens is 370 g/mol. The fraction of sp³-hybridized carbons (Fsp3) is 0.364. The van der Waals surface area contributed by atoms with Crippen molar-refractivity contribution in [3.8, 4) is 11.5 Å². The third-order valence-corrected chi connectivity index (χ3v) is 4.95. The van der Waals surface area contributed by atoms with Crippen LogP contribution in [0, 0.1) is 0 Å². The number of nitrogens with zero attached hydrogens (tertiary/aromatic N) is 2. The molecule has 1 fully saturated rings. The van der Waals surface area contributed by atoms with Crippen LogP contribution < -0.4 is 14.8 Å². The van der Waals surface area contributed by atoms with E-state index in [-0.39, 0.29) is 18.2 Å². The highest BCUT2D eigenvalue weighted by atomic mass is 16.5. The fourth-order valence-electron chi connectivity index (χ4n) is 3.37. The lowest BCUT2D eigenvalue weighted by Crippen LogP contribution is -2.48. The van der Waals surface area contributed by atoms with Gasteiger partial charge in [-0.3, -0.25) is 14.5 Å². The Morgan fingerprint density at radius 2 is 1.62 bits per heavy atom. The normalized spacial score (nSPS) is 14.3. The van der Waals surface area contributed by atoms with Gasteiger partial charge in [-0.2, -0.15) is 0 Å². The van der Waals surface area contributed by atoms with E-state index in [1.54, 1.807) is 30.2 Å². The molecule has 0 atom stereocenters. The number of hydrogen-bond donors (Lipinski definition) is 1. The molecular formula is C22H27N3O4. The van der Waals surface area contributed by atoms with Crippen LogP contribution in [0.2, 0.25) is 0 Å². The van der Waals surface area contributed by atoms with Crippen molar-refractivity contribution < 1.29 is 19.1 Å². The summed E-state index contributed by atoms with van der Waals surface area (Å²) in [7, 11) is 3.08. The van der Waals surface area contributed by atoms with Crippen molar-refractivity contribution in [1.29, 1.82) is 0 Å². The quantitative estimate of drug-likeness (QED) is 0.727. The van der Waals surface area contributed by atoms with Gasteiger partial charge in [-0.1, -0.05) is 30.3 Å². The van der Waals surface area contributed by atoms with Crippen LogP contribution in [0.3, 0.4) is 0 Å². The summed E-state index contributed by atoms with van der Waals surface area (Å²) < 4.78 is 10.4. The first-order valence-corrected chi connectivity index (χ1v) is 9.65. The van der Waals surface area contributed by atoms with Crippen LogP contribution in [0.1, 0.15) is 12.0 Å². The van der Waals surface area contributed by atoms with Gasteiger partial charge in [0.1, 0.15) is 6.42 Å². The number of rotatable bonds is 7. The van der Waals surface area contributed by atoms with Crippen molar-refractivity contribution in [3.63, 3.8) is 0 Å². The van der Waals surface area contributed by atoms with Crippen molar-refractivity contribution >= 4 is 17.5 Å². The molecule has 0 unspecified atom stereocenters. The summed E-state index contributed by atoms with van der Waals surface area (Å²) in [5.74, 6) is 0.609. The molecule has 1 aliphatic rings. The van der Waals surface area contributed by atoms with E-state index in [1.807, 2.05) is 18.2 Å². The zero-order valence-corrected chi connectivity index (χ0v) is 16.9.